The van der Waals surface area contributed by atoms with Crippen molar-refractivity contribution < 1.29 is 23.9 Å². The summed E-state index contributed by atoms with van der Waals surface area (Å²) in [7, 11) is 4.99. The molecule has 39 heavy (non-hydrogen) atoms. The number of hydrazone groups is 1. The quantitative estimate of drug-likeness (QED) is 0.486. The maximum atomic E-state index is 14.5. The molecule has 3 amide bonds. The number of carbonyl (C=O) groups is 3. The number of fused-ring (bicyclic) bond motifs is 3. The minimum Gasteiger partial charge on any atom is -0.497 e. The van der Waals surface area contributed by atoms with Crippen molar-refractivity contribution in [3.63, 3.8) is 0 Å². The average Bonchev–Trinajstić information content (AvgIpc) is 3.51. The maximum Gasteiger partial charge on any atom is 0.310 e. The predicted octanol–water partition coefficient (Wildman–Crippen LogP) is 4.05. The molecule has 3 aliphatic heterocycles. The van der Waals surface area contributed by atoms with Crippen molar-refractivity contribution in [2.24, 2.45) is 5.10 Å². The van der Waals surface area contributed by atoms with Crippen molar-refractivity contribution in [1.29, 1.82) is 0 Å². The molecule has 0 saturated carbocycles. The minimum atomic E-state index is -1.50. The fraction of sp³-hybridized carbons (Fsp3) is 0.241. The molecule has 3 heterocycles. The first kappa shape index (κ1) is 25.1. The van der Waals surface area contributed by atoms with Crippen molar-refractivity contribution in [2.45, 2.75) is 16.2 Å². The molecular formula is C29H26N4O5S. The van der Waals surface area contributed by atoms with Crippen LogP contribution in [-0.4, -0.2) is 65.7 Å². The number of nitrogens with zero attached hydrogens (tertiary/aromatic N) is 3. The lowest BCUT2D eigenvalue weighted by atomic mass is 9.72. The molecule has 9 nitrogen and oxygen atoms in total. The number of anilines is 1. The predicted molar refractivity (Wildman–Crippen MR) is 148 cm³/mol. The lowest BCUT2D eigenvalue weighted by Crippen LogP contribution is -2.61. The average molecular weight is 543 g/mol. The Morgan fingerprint density at radius 3 is 2.26 bits per heavy atom. The highest BCUT2D eigenvalue weighted by molar-refractivity contribution is 8.16. The van der Waals surface area contributed by atoms with Crippen LogP contribution in [0, 0.1) is 0 Å². The number of hydrogen-bond acceptors (Lipinski definition) is 8. The van der Waals surface area contributed by atoms with Crippen LogP contribution < -0.4 is 14.8 Å². The highest BCUT2D eigenvalue weighted by atomic mass is 32.2. The summed E-state index contributed by atoms with van der Waals surface area (Å²) in [4.78, 5) is 44.0. The Kier molecular flexibility index (Phi) is 5.96. The van der Waals surface area contributed by atoms with E-state index < -0.39 is 27.4 Å². The van der Waals surface area contributed by atoms with Crippen molar-refractivity contribution >= 4 is 40.7 Å². The zero-order chi connectivity index (χ0) is 27.4. The van der Waals surface area contributed by atoms with Crippen molar-refractivity contribution in [1.82, 2.24) is 9.91 Å². The van der Waals surface area contributed by atoms with Gasteiger partial charge in [-0.2, -0.15) is 10.1 Å². The molecule has 0 radical (unpaired) electrons. The largest absolute Gasteiger partial charge is 0.497 e. The summed E-state index contributed by atoms with van der Waals surface area (Å²) in [6.45, 7) is 0.371. The molecule has 0 aliphatic carbocycles. The lowest BCUT2D eigenvalue weighted by molar-refractivity contribution is -0.138. The molecule has 3 atom stereocenters. The summed E-state index contributed by atoms with van der Waals surface area (Å²) in [6, 6.07) is 21.9. The van der Waals surface area contributed by atoms with Gasteiger partial charge in [0, 0.05) is 23.7 Å². The van der Waals surface area contributed by atoms with Gasteiger partial charge in [-0.1, -0.05) is 30.3 Å². The molecule has 2 saturated heterocycles. The van der Waals surface area contributed by atoms with Gasteiger partial charge in [0.25, 0.3) is 11.8 Å². The van der Waals surface area contributed by atoms with Crippen LogP contribution in [0.15, 0.2) is 77.9 Å². The van der Waals surface area contributed by atoms with E-state index in [-0.39, 0.29) is 5.91 Å². The molecule has 2 spiro atoms. The third-order valence-electron chi connectivity index (χ3n) is 7.84. The number of imide groups is 1. The normalized spacial score (nSPS) is 26.2. The number of likely N-dealkylation sites (N-methyl/N-ethyl adjacent to an activating group) is 1. The van der Waals surface area contributed by atoms with E-state index in [1.54, 1.807) is 38.5 Å². The van der Waals surface area contributed by atoms with E-state index >= 15 is 0 Å². The first-order valence-electron chi connectivity index (χ1n) is 12.4. The molecule has 0 aromatic heterocycles. The number of rotatable bonds is 5. The van der Waals surface area contributed by atoms with Crippen LogP contribution in [0.5, 0.6) is 11.5 Å². The Labute approximate surface area is 229 Å². The highest BCUT2D eigenvalue weighted by Gasteiger charge is 2.78. The van der Waals surface area contributed by atoms with Gasteiger partial charge in [0.05, 0.1) is 20.4 Å². The summed E-state index contributed by atoms with van der Waals surface area (Å²) >= 11 is 0.883. The highest BCUT2D eigenvalue weighted by Crippen LogP contribution is 2.65. The Bertz CT molecular complexity index is 1510. The van der Waals surface area contributed by atoms with E-state index in [1.807, 2.05) is 60.5 Å². The fourth-order valence-corrected chi connectivity index (χ4v) is 7.59. The van der Waals surface area contributed by atoms with E-state index in [9.17, 15) is 14.4 Å². The van der Waals surface area contributed by atoms with Crippen LogP contribution in [0.3, 0.4) is 0 Å². The van der Waals surface area contributed by atoms with Crippen molar-refractivity contribution in [3.8, 4) is 11.5 Å². The van der Waals surface area contributed by atoms with Crippen LogP contribution in [-0.2, 0) is 15.1 Å². The third-order valence-corrected chi connectivity index (χ3v) is 9.26. The second-order valence-electron chi connectivity index (χ2n) is 9.65. The molecule has 2 fully saturated rings. The second-order valence-corrected chi connectivity index (χ2v) is 10.9. The van der Waals surface area contributed by atoms with Gasteiger partial charge in [0.2, 0.25) is 0 Å². The zero-order valence-corrected chi connectivity index (χ0v) is 22.4. The van der Waals surface area contributed by atoms with Gasteiger partial charge >= 0.3 is 5.24 Å². The number of methoxy groups -OCH3 is 2. The molecular weight excluding hydrogens is 516 g/mol. The topological polar surface area (TPSA) is 101 Å². The number of nitrogens with one attached hydrogen (secondary N) is 1. The number of benzene rings is 3. The number of amides is 3. The number of hydrogen-bond donors (Lipinski definition) is 1. The van der Waals surface area contributed by atoms with Gasteiger partial charge in [-0.05, 0) is 72.4 Å². The molecule has 3 aromatic rings. The fourth-order valence-electron chi connectivity index (χ4n) is 6.07. The Hall–Kier alpha value is -4.15. The summed E-state index contributed by atoms with van der Waals surface area (Å²) < 4.78 is 9.03. The van der Waals surface area contributed by atoms with Crippen molar-refractivity contribution in [3.05, 3.63) is 89.5 Å². The van der Waals surface area contributed by atoms with E-state index in [0.717, 1.165) is 22.3 Å². The zero-order valence-electron chi connectivity index (χ0n) is 21.6. The van der Waals surface area contributed by atoms with E-state index in [1.165, 1.54) is 6.21 Å². The monoisotopic (exact) mass is 542 g/mol. The third kappa shape index (κ3) is 3.44. The first-order chi connectivity index (χ1) is 18.9. The van der Waals surface area contributed by atoms with E-state index in [4.69, 9.17) is 9.47 Å². The Balaban J connectivity index is 1.50. The Morgan fingerprint density at radius 2 is 1.59 bits per heavy atom. The molecule has 3 aliphatic rings. The SMILES string of the molecule is COc1ccc(/C=N/N2C(=O)SC3(C2=O)C(c2ccc(OC)cc2)CN(C)C32C(=O)Nc3ccccc32)cc1. The number of para-hydroxylation sites is 1. The number of carbonyl (C=O) groups excluding carboxylic acids is 3. The molecule has 198 valence electrons. The second kappa shape index (κ2) is 9.25. The van der Waals surface area contributed by atoms with Crippen LogP contribution in [0.4, 0.5) is 10.5 Å². The molecule has 1 N–H and O–H groups in total. The molecule has 6 rings (SSSR count). The molecule has 0 bridgehead atoms. The standard InChI is InChI=1S/C29H26N4O5S/c1-32-17-23(19-10-14-21(38-3)15-11-19)29(28(32)22-6-4-5-7-24(22)31-25(28)34)26(35)33(27(36)39-29)30-16-18-8-12-20(37-2)13-9-18/h4-16,23H,17H2,1-3H3,(H,31,34)/b30-16+. The smallest absolute Gasteiger partial charge is 0.310 e. The van der Waals surface area contributed by atoms with E-state index in [0.29, 0.717) is 34.9 Å². The number of likely N-dealkylation sites (tertiary alicyclic amines) is 1. The summed E-state index contributed by atoms with van der Waals surface area (Å²) in [5.41, 5.74) is 1.39. The van der Waals surface area contributed by atoms with Crippen LogP contribution in [0.25, 0.3) is 0 Å². The van der Waals surface area contributed by atoms with Gasteiger partial charge in [-0.25, -0.2) is 0 Å². The van der Waals surface area contributed by atoms with Crippen LogP contribution in [0.1, 0.15) is 22.6 Å². The molecule has 3 aromatic carbocycles. The lowest BCUT2D eigenvalue weighted by Gasteiger charge is -2.41. The summed E-state index contributed by atoms with van der Waals surface area (Å²) in [5, 5.41) is 7.67. The van der Waals surface area contributed by atoms with Crippen LogP contribution >= 0.6 is 11.8 Å². The van der Waals surface area contributed by atoms with Crippen molar-refractivity contribution in [2.75, 3.05) is 33.1 Å². The summed E-state index contributed by atoms with van der Waals surface area (Å²) in [5.74, 6) is -0.00624. The summed E-state index contributed by atoms with van der Waals surface area (Å²) in [6.07, 6.45) is 1.46. The number of thioether (sulfide) groups is 1. The van der Waals surface area contributed by atoms with Gasteiger partial charge in [-0.3, -0.25) is 19.3 Å². The minimum absolute atomic E-state index is 0.336. The van der Waals surface area contributed by atoms with Gasteiger partial charge in [0.1, 0.15) is 16.2 Å². The molecule has 3 unspecified atom stereocenters. The maximum absolute atomic E-state index is 14.5. The Morgan fingerprint density at radius 1 is 0.949 bits per heavy atom. The first-order valence-corrected chi connectivity index (χ1v) is 13.2. The van der Waals surface area contributed by atoms with Gasteiger partial charge in [-0.15, -0.1) is 0 Å². The molecule has 10 heteroatoms. The van der Waals surface area contributed by atoms with Gasteiger partial charge < -0.3 is 14.8 Å². The van der Waals surface area contributed by atoms with E-state index in [2.05, 4.69) is 10.4 Å². The number of ether oxygens (including phenoxy) is 2. The van der Waals surface area contributed by atoms with Gasteiger partial charge in [0.15, 0.2) is 5.54 Å². The van der Waals surface area contributed by atoms with Crippen LogP contribution in [0.2, 0.25) is 0 Å².